The summed E-state index contributed by atoms with van der Waals surface area (Å²) in [6.45, 7) is 4.49. The van der Waals surface area contributed by atoms with Gasteiger partial charge in [-0.25, -0.2) is 0 Å². The van der Waals surface area contributed by atoms with E-state index >= 15 is 0 Å². The van der Waals surface area contributed by atoms with Crippen LogP contribution in [0.25, 0.3) is 66.8 Å². The van der Waals surface area contributed by atoms with Crippen LogP contribution in [0.2, 0.25) is 0 Å². The molecule has 2 heterocycles. The molecule has 0 amide bonds. The van der Waals surface area contributed by atoms with Crippen molar-refractivity contribution in [3.8, 4) is 57.2 Å². The van der Waals surface area contributed by atoms with Gasteiger partial charge < -0.3 is 18.9 Å². The first-order valence-electron chi connectivity index (χ1n) is 24.8. The average molecular weight is 949 g/mol. The van der Waals surface area contributed by atoms with Gasteiger partial charge in [0.2, 0.25) is 0 Å². The van der Waals surface area contributed by atoms with E-state index < -0.39 is 0 Å². The molecule has 6 heteroatoms. The van der Waals surface area contributed by atoms with Gasteiger partial charge in [-0.05, 0) is 193 Å². The standard InChI is InChI=1S/C68H48N6/c1-47-63-43-53(27-41-65(63)73(67(47)51-15-7-3-8-16-51)61-37-33-59(34-38-61)71(55-19-11-5-12-20-55)57-29-23-49(45-69)24-30-57)54-28-42-66-64(44-54)48(2)68(52-17-9-4-10-18-52)74(66)62-39-35-60(36-40-62)72(56-21-13-6-14-22-56)58-31-25-50(46-70)26-32-58/h3-44H,1-2H3. The second-order valence-corrected chi connectivity index (χ2v) is 18.5. The minimum absolute atomic E-state index is 0.628. The second-order valence-electron chi connectivity index (χ2n) is 18.5. The van der Waals surface area contributed by atoms with Crippen LogP contribution < -0.4 is 9.80 Å². The van der Waals surface area contributed by atoms with Crippen molar-refractivity contribution in [1.82, 2.24) is 9.13 Å². The average Bonchev–Trinajstić information content (AvgIpc) is 3.94. The van der Waals surface area contributed by atoms with Crippen LogP contribution in [0.3, 0.4) is 0 Å². The summed E-state index contributed by atoms with van der Waals surface area (Å²) in [5.41, 5.74) is 21.0. The third kappa shape index (κ3) is 8.13. The smallest absolute Gasteiger partial charge is 0.0991 e. The molecule has 0 unspecified atom stereocenters. The van der Waals surface area contributed by atoms with E-state index in [9.17, 15) is 10.5 Å². The highest BCUT2D eigenvalue weighted by atomic mass is 15.1. The molecule has 0 aliphatic heterocycles. The molecule has 0 saturated heterocycles. The lowest BCUT2D eigenvalue weighted by Crippen LogP contribution is -2.10. The van der Waals surface area contributed by atoms with Crippen LogP contribution in [0.4, 0.5) is 34.1 Å². The molecule has 12 aromatic rings. The molecule has 2 aromatic heterocycles. The van der Waals surface area contributed by atoms with Gasteiger partial charge in [-0.15, -0.1) is 0 Å². The summed E-state index contributed by atoms with van der Waals surface area (Å²) in [6, 6.07) is 93.4. The summed E-state index contributed by atoms with van der Waals surface area (Å²) in [5, 5.41) is 21.4. The Morgan fingerprint density at radius 1 is 0.311 bits per heavy atom. The number of aromatic nitrogens is 2. The van der Waals surface area contributed by atoms with E-state index in [2.05, 4.69) is 215 Å². The number of hydrogen-bond donors (Lipinski definition) is 0. The van der Waals surface area contributed by atoms with E-state index in [1.165, 1.54) is 21.9 Å². The number of benzene rings is 10. The van der Waals surface area contributed by atoms with Gasteiger partial charge in [0.05, 0.1) is 45.7 Å². The summed E-state index contributed by atoms with van der Waals surface area (Å²) in [4.78, 5) is 4.44. The number of nitriles is 2. The molecular weight excluding hydrogens is 901 g/mol. The van der Waals surface area contributed by atoms with E-state index in [1.807, 2.05) is 84.9 Å². The van der Waals surface area contributed by atoms with Crippen molar-refractivity contribution in [2.75, 3.05) is 9.80 Å². The topological polar surface area (TPSA) is 63.9 Å². The molecule has 0 bridgehead atoms. The number of nitrogens with zero attached hydrogens (tertiary/aromatic N) is 6. The molecule has 0 aliphatic carbocycles. The molecule has 0 saturated carbocycles. The van der Waals surface area contributed by atoms with Crippen LogP contribution in [0.15, 0.2) is 255 Å². The predicted molar refractivity (Wildman–Crippen MR) is 305 cm³/mol. The molecule has 0 aliphatic rings. The Morgan fingerprint density at radius 3 is 0.932 bits per heavy atom. The van der Waals surface area contributed by atoms with Crippen LogP contribution in [0.1, 0.15) is 22.3 Å². The summed E-state index contributed by atoms with van der Waals surface area (Å²) in [6.07, 6.45) is 0. The zero-order valence-electron chi connectivity index (χ0n) is 40.9. The van der Waals surface area contributed by atoms with Gasteiger partial charge in [0.1, 0.15) is 0 Å². The molecule has 350 valence electrons. The van der Waals surface area contributed by atoms with Gasteiger partial charge in [-0.2, -0.15) is 10.5 Å². The van der Waals surface area contributed by atoms with Gasteiger partial charge in [-0.1, -0.05) is 109 Å². The summed E-state index contributed by atoms with van der Waals surface area (Å²) in [5.74, 6) is 0. The lowest BCUT2D eigenvalue weighted by molar-refractivity contribution is 1.12. The van der Waals surface area contributed by atoms with Crippen molar-refractivity contribution in [2.24, 2.45) is 0 Å². The summed E-state index contributed by atoms with van der Waals surface area (Å²) >= 11 is 0. The summed E-state index contributed by atoms with van der Waals surface area (Å²) < 4.78 is 4.80. The van der Waals surface area contributed by atoms with Crippen molar-refractivity contribution < 1.29 is 0 Å². The van der Waals surface area contributed by atoms with Crippen LogP contribution in [-0.2, 0) is 0 Å². The quantitative estimate of drug-likeness (QED) is 0.130. The monoisotopic (exact) mass is 948 g/mol. The van der Waals surface area contributed by atoms with Crippen LogP contribution in [0.5, 0.6) is 0 Å². The number of fused-ring (bicyclic) bond motifs is 2. The minimum Gasteiger partial charge on any atom is -0.311 e. The maximum atomic E-state index is 9.53. The lowest BCUT2D eigenvalue weighted by atomic mass is 9.99. The molecule has 0 radical (unpaired) electrons. The minimum atomic E-state index is 0.628. The van der Waals surface area contributed by atoms with Gasteiger partial charge in [0, 0.05) is 56.3 Å². The first kappa shape index (κ1) is 45.0. The van der Waals surface area contributed by atoms with Gasteiger partial charge >= 0.3 is 0 Å². The highest BCUT2D eigenvalue weighted by Crippen LogP contribution is 2.43. The van der Waals surface area contributed by atoms with E-state index in [4.69, 9.17) is 0 Å². The number of para-hydroxylation sites is 2. The van der Waals surface area contributed by atoms with Gasteiger partial charge in [0.25, 0.3) is 0 Å². The molecule has 6 nitrogen and oxygen atoms in total. The van der Waals surface area contributed by atoms with E-state index in [-0.39, 0.29) is 0 Å². The Morgan fingerprint density at radius 2 is 0.608 bits per heavy atom. The molecule has 0 atom stereocenters. The van der Waals surface area contributed by atoms with E-state index in [0.29, 0.717) is 11.1 Å². The maximum absolute atomic E-state index is 9.53. The van der Waals surface area contributed by atoms with Gasteiger partial charge in [0.15, 0.2) is 0 Å². The van der Waals surface area contributed by atoms with Crippen molar-refractivity contribution in [3.05, 3.63) is 277 Å². The van der Waals surface area contributed by atoms with Gasteiger partial charge in [-0.3, -0.25) is 0 Å². The maximum Gasteiger partial charge on any atom is 0.0991 e. The van der Waals surface area contributed by atoms with Crippen LogP contribution >= 0.6 is 0 Å². The molecule has 0 N–H and O–H groups in total. The highest BCUT2D eigenvalue weighted by molar-refractivity contribution is 5.99. The van der Waals surface area contributed by atoms with Crippen molar-refractivity contribution in [2.45, 2.75) is 13.8 Å². The van der Waals surface area contributed by atoms with E-state index in [0.717, 1.165) is 90.2 Å². The Balaban J connectivity index is 0.947. The zero-order valence-corrected chi connectivity index (χ0v) is 40.9. The number of rotatable bonds is 11. The number of hydrogen-bond acceptors (Lipinski definition) is 4. The molecule has 12 rings (SSSR count). The Labute approximate surface area is 431 Å². The Bertz CT molecular complexity index is 3780. The molecule has 0 spiro atoms. The summed E-state index contributed by atoms with van der Waals surface area (Å²) in [7, 11) is 0. The predicted octanol–water partition coefficient (Wildman–Crippen LogP) is 17.9. The second kappa shape index (κ2) is 19.2. The van der Waals surface area contributed by atoms with Crippen molar-refractivity contribution >= 4 is 55.9 Å². The first-order chi connectivity index (χ1) is 36.4. The number of aryl methyl sites for hydroxylation is 2. The number of anilines is 6. The van der Waals surface area contributed by atoms with Crippen molar-refractivity contribution in [3.63, 3.8) is 0 Å². The SMILES string of the molecule is Cc1c(-c2ccccc2)n(-c2ccc(N(c3ccccc3)c3ccc(C#N)cc3)cc2)c2ccc(-c3ccc4c(c3)c(C)c(-c3ccccc3)n4-c3ccc(N(c4ccccc4)c4ccc(C#N)cc4)cc3)cc12. The fraction of sp³-hybridized carbons (Fsp3) is 0.0294. The molecule has 10 aromatic carbocycles. The first-order valence-corrected chi connectivity index (χ1v) is 24.8. The molecular formula is C68H48N6. The third-order valence-corrected chi connectivity index (χ3v) is 14.1. The molecule has 0 fully saturated rings. The zero-order chi connectivity index (χ0) is 50.1. The third-order valence-electron chi connectivity index (χ3n) is 14.1. The van der Waals surface area contributed by atoms with Crippen LogP contribution in [0, 0.1) is 36.5 Å². The Kier molecular flexibility index (Phi) is 11.7. The fourth-order valence-electron chi connectivity index (χ4n) is 10.6. The highest BCUT2D eigenvalue weighted by Gasteiger charge is 2.22. The normalized spacial score (nSPS) is 11.1. The largest absolute Gasteiger partial charge is 0.311 e. The van der Waals surface area contributed by atoms with Crippen LogP contribution in [-0.4, -0.2) is 9.13 Å². The molecule has 74 heavy (non-hydrogen) atoms. The lowest BCUT2D eigenvalue weighted by Gasteiger charge is -2.26. The van der Waals surface area contributed by atoms with Crippen molar-refractivity contribution in [1.29, 1.82) is 10.5 Å². The Hall–Kier alpha value is -10.1. The van der Waals surface area contributed by atoms with E-state index in [1.54, 1.807) is 0 Å². The fourth-order valence-corrected chi connectivity index (χ4v) is 10.6.